The summed E-state index contributed by atoms with van der Waals surface area (Å²) in [5.41, 5.74) is 7.33. The van der Waals surface area contributed by atoms with Crippen molar-refractivity contribution in [1.29, 1.82) is 0 Å². The molecule has 0 aromatic heterocycles. The molecule has 0 bridgehead atoms. The Hall–Kier alpha value is -3.95. The summed E-state index contributed by atoms with van der Waals surface area (Å²) in [6, 6.07) is 33.5. The SMILES string of the molecule is CNCCC(Oc1ccc(C(F)(F)F)cc1)c1ccccc1.NC(=O)CS(=O)C(c1ccccc1)c1ccccc1. The van der Waals surface area contributed by atoms with Crippen LogP contribution in [-0.4, -0.2) is 29.5 Å². The Morgan fingerprint density at radius 3 is 1.68 bits per heavy atom. The van der Waals surface area contributed by atoms with Crippen LogP contribution in [0.4, 0.5) is 13.2 Å². The molecule has 0 spiro atoms. The Labute approximate surface area is 241 Å². The second-order valence-electron chi connectivity index (χ2n) is 9.12. The van der Waals surface area contributed by atoms with Gasteiger partial charge in [-0.15, -0.1) is 0 Å². The monoisotopic (exact) mass is 582 g/mol. The third-order valence-corrected chi connectivity index (χ3v) is 7.68. The van der Waals surface area contributed by atoms with Gasteiger partial charge in [0.05, 0.1) is 10.8 Å². The average molecular weight is 583 g/mol. The minimum Gasteiger partial charge on any atom is -0.486 e. The first-order valence-corrected chi connectivity index (χ1v) is 14.4. The topological polar surface area (TPSA) is 81.4 Å². The standard InChI is InChI=1S/C17H18F3NO.C15H15NO2S/c1-21-12-11-16(13-5-3-2-4-6-13)22-15-9-7-14(8-10-15)17(18,19)20;16-14(17)11-19(18)15(12-7-3-1-4-8-12)13-9-5-2-6-10-13/h2-10,16,21H,11-12H2,1H3;1-10,15H,11H2,(H2,16,17). The van der Waals surface area contributed by atoms with Crippen molar-refractivity contribution in [1.82, 2.24) is 5.32 Å². The van der Waals surface area contributed by atoms with E-state index in [0.717, 1.165) is 41.8 Å². The lowest BCUT2D eigenvalue weighted by Crippen LogP contribution is -2.23. The van der Waals surface area contributed by atoms with E-state index in [1.165, 1.54) is 12.1 Å². The zero-order valence-corrected chi connectivity index (χ0v) is 23.4. The van der Waals surface area contributed by atoms with Gasteiger partial charge in [-0.3, -0.25) is 9.00 Å². The number of primary amides is 1. The number of carbonyl (C=O) groups is 1. The van der Waals surface area contributed by atoms with Crippen molar-refractivity contribution in [3.05, 3.63) is 138 Å². The zero-order chi connectivity index (χ0) is 29.7. The third-order valence-electron chi connectivity index (χ3n) is 6.04. The molecular weight excluding hydrogens is 549 g/mol. The van der Waals surface area contributed by atoms with Gasteiger partial charge < -0.3 is 15.8 Å². The molecule has 0 aliphatic carbocycles. The van der Waals surface area contributed by atoms with Crippen LogP contribution in [0.25, 0.3) is 0 Å². The van der Waals surface area contributed by atoms with Crippen molar-refractivity contribution in [2.45, 2.75) is 24.0 Å². The molecule has 3 N–H and O–H groups in total. The van der Waals surface area contributed by atoms with Gasteiger partial charge in [-0.25, -0.2) is 0 Å². The minimum atomic E-state index is -4.33. The molecule has 4 rings (SSSR count). The summed E-state index contributed by atoms with van der Waals surface area (Å²) in [7, 11) is 0.483. The molecule has 41 heavy (non-hydrogen) atoms. The van der Waals surface area contributed by atoms with E-state index in [0.29, 0.717) is 5.75 Å². The molecule has 1 amide bonds. The van der Waals surface area contributed by atoms with Crippen LogP contribution >= 0.6 is 0 Å². The summed E-state index contributed by atoms with van der Waals surface area (Å²) < 4.78 is 55.9. The molecule has 0 fully saturated rings. The number of rotatable bonds is 11. The van der Waals surface area contributed by atoms with Gasteiger partial charge in [0.1, 0.15) is 17.6 Å². The molecule has 9 heteroatoms. The van der Waals surface area contributed by atoms with Gasteiger partial charge in [0, 0.05) is 17.2 Å². The molecule has 4 aromatic rings. The number of hydrogen-bond donors (Lipinski definition) is 2. The maximum Gasteiger partial charge on any atom is 0.416 e. The van der Waals surface area contributed by atoms with Crippen LogP contribution in [0.3, 0.4) is 0 Å². The van der Waals surface area contributed by atoms with Crippen molar-refractivity contribution >= 4 is 16.7 Å². The van der Waals surface area contributed by atoms with Crippen LogP contribution in [0.15, 0.2) is 115 Å². The van der Waals surface area contributed by atoms with Gasteiger partial charge in [0.2, 0.25) is 5.91 Å². The van der Waals surface area contributed by atoms with Gasteiger partial charge in [-0.2, -0.15) is 13.2 Å². The van der Waals surface area contributed by atoms with Crippen LogP contribution in [0.5, 0.6) is 5.75 Å². The van der Waals surface area contributed by atoms with Crippen LogP contribution in [0.1, 0.15) is 40.0 Å². The van der Waals surface area contributed by atoms with Gasteiger partial charge in [0.25, 0.3) is 0 Å². The number of benzene rings is 4. The fourth-order valence-electron chi connectivity index (χ4n) is 4.10. The van der Waals surface area contributed by atoms with Gasteiger partial charge in [-0.05, 0) is 54.5 Å². The summed E-state index contributed by atoms with van der Waals surface area (Å²) in [6.07, 6.45) is -3.81. The Bertz CT molecular complexity index is 1310. The fourth-order valence-corrected chi connectivity index (χ4v) is 5.47. The van der Waals surface area contributed by atoms with Crippen LogP contribution in [-0.2, 0) is 21.8 Å². The number of carbonyl (C=O) groups excluding carboxylic acids is 1. The highest BCUT2D eigenvalue weighted by atomic mass is 32.2. The number of amides is 1. The molecule has 5 nitrogen and oxygen atoms in total. The minimum absolute atomic E-state index is 0.131. The van der Waals surface area contributed by atoms with E-state index >= 15 is 0 Å². The van der Waals surface area contributed by atoms with Crippen molar-refractivity contribution < 1.29 is 26.9 Å². The summed E-state index contributed by atoms with van der Waals surface area (Å²) in [5, 5.41) is 2.73. The van der Waals surface area contributed by atoms with Crippen LogP contribution in [0, 0.1) is 0 Å². The predicted molar refractivity (Wildman–Crippen MR) is 157 cm³/mol. The van der Waals surface area contributed by atoms with E-state index in [-0.39, 0.29) is 17.1 Å². The Morgan fingerprint density at radius 2 is 1.27 bits per heavy atom. The fraction of sp³-hybridized carbons (Fsp3) is 0.219. The first kappa shape index (κ1) is 31.6. The highest BCUT2D eigenvalue weighted by Crippen LogP contribution is 2.32. The average Bonchev–Trinajstić information content (AvgIpc) is 2.97. The Balaban J connectivity index is 0.000000228. The first-order chi connectivity index (χ1) is 19.7. The second kappa shape index (κ2) is 15.7. The Kier molecular flexibility index (Phi) is 12.1. The van der Waals surface area contributed by atoms with Gasteiger partial charge in [-0.1, -0.05) is 91.0 Å². The van der Waals surface area contributed by atoms with Gasteiger partial charge >= 0.3 is 6.18 Å². The molecular formula is C32H33F3N2O3S. The molecule has 0 saturated carbocycles. The molecule has 0 heterocycles. The molecule has 4 aromatic carbocycles. The highest BCUT2D eigenvalue weighted by molar-refractivity contribution is 7.86. The van der Waals surface area contributed by atoms with Crippen molar-refractivity contribution in [3.8, 4) is 5.75 Å². The lowest BCUT2D eigenvalue weighted by Gasteiger charge is -2.20. The molecule has 0 radical (unpaired) electrons. The van der Waals surface area contributed by atoms with E-state index in [9.17, 15) is 22.2 Å². The molecule has 2 unspecified atom stereocenters. The van der Waals surface area contributed by atoms with Crippen molar-refractivity contribution in [3.63, 3.8) is 0 Å². The molecule has 0 aliphatic heterocycles. The first-order valence-electron chi connectivity index (χ1n) is 13.0. The van der Waals surface area contributed by atoms with E-state index in [4.69, 9.17) is 10.5 Å². The van der Waals surface area contributed by atoms with Crippen molar-refractivity contribution in [2.75, 3.05) is 19.3 Å². The van der Waals surface area contributed by atoms with Crippen LogP contribution in [0.2, 0.25) is 0 Å². The van der Waals surface area contributed by atoms with Crippen LogP contribution < -0.4 is 15.8 Å². The number of alkyl halides is 3. The summed E-state index contributed by atoms with van der Waals surface area (Å²) >= 11 is 0. The summed E-state index contributed by atoms with van der Waals surface area (Å²) in [5.74, 6) is -0.248. The third kappa shape index (κ3) is 10.2. The zero-order valence-electron chi connectivity index (χ0n) is 22.6. The number of hydrogen-bond acceptors (Lipinski definition) is 4. The van der Waals surface area contributed by atoms with E-state index in [2.05, 4.69) is 5.32 Å². The number of nitrogens with two attached hydrogens (primary N) is 1. The smallest absolute Gasteiger partial charge is 0.416 e. The molecule has 2 atom stereocenters. The highest BCUT2D eigenvalue weighted by Gasteiger charge is 2.30. The lowest BCUT2D eigenvalue weighted by molar-refractivity contribution is -0.137. The number of nitrogens with one attached hydrogen (secondary N) is 1. The number of halogens is 3. The second-order valence-corrected chi connectivity index (χ2v) is 10.6. The largest absolute Gasteiger partial charge is 0.486 e. The maximum atomic E-state index is 12.6. The molecule has 0 aliphatic rings. The van der Waals surface area contributed by atoms with E-state index < -0.39 is 28.4 Å². The molecule has 0 saturated heterocycles. The number of ether oxygens (including phenoxy) is 1. The van der Waals surface area contributed by atoms with Gasteiger partial charge in [0.15, 0.2) is 0 Å². The predicted octanol–water partition coefficient (Wildman–Crippen LogP) is 6.45. The quantitative estimate of drug-likeness (QED) is 0.213. The lowest BCUT2D eigenvalue weighted by atomic mass is 10.0. The van der Waals surface area contributed by atoms with E-state index in [1.54, 1.807) is 0 Å². The molecule has 216 valence electrons. The Morgan fingerprint density at radius 1 is 0.805 bits per heavy atom. The normalized spacial score (nSPS) is 12.6. The summed E-state index contributed by atoms with van der Waals surface area (Å²) in [4.78, 5) is 11.0. The maximum absolute atomic E-state index is 12.6. The summed E-state index contributed by atoms with van der Waals surface area (Å²) in [6.45, 7) is 0.750. The van der Waals surface area contributed by atoms with Crippen molar-refractivity contribution in [2.24, 2.45) is 5.73 Å². The van der Waals surface area contributed by atoms with E-state index in [1.807, 2.05) is 98.0 Å².